The maximum Gasteiger partial charge on any atom is 0.128 e. The van der Waals surface area contributed by atoms with Gasteiger partial charge >= 0.3 is 0 Å². The molecule has 1 aromatic carbocycles. The molecule has 4 heteroatoms. The number of halogens is 1. The summed E-state index contributed by atoms with van der Waals surface area (Å²) >= 11 is 0. The molecule has 0 saturated heterocycles. The van der Waals surface area contributed by atoms with E-state index in [9.17, 15) is 4.39 Å². The molecule has 0 unspecified atom stereocenters. The van der Waals surface area contributed by atoms with Crippen molar-refractivity contribution in [1.82, 2.24) is 4.98 Å². The van der Waals surface area contributed by atoms with E-state index in [-0.39, 0.29) is 5.82 Å². The van der Waals surface area contributed by atoms with Crippen molar-refractivity contribution in [2.45, 2.75) is 12.8 Å². The largest absolute Gasteiger partial charge is 0.374 e. The van der Waals surface area contributed by atoms with Crippen molar-refractivity contribution >= 4 is 5.69 Å². The molecule has 2 N–H and O–H groups in total. The van der Waals surface area contributed by atoms with Crippen LogP contribution in [0.15, 0.2) is 42.6 Å². The Morgan fingerprint density at radius 2 is 2.00 bits per heavy atom. The van der Waals surface area contributed by atoms with Gasteiger partial charge in [-0.3, -0.25) is 4.98 Å². The zero-order chi connectivity index (χ0) is 14.4. The highest BCUT2D eigenvalue weighted by atomic mass is 19.1. The summed E-state index contributed by atoms with van der Waals surface area (Å²) < 4.78 is 13.9. The van der Waals surface area contributed by atoms with Crippen molar-refractivity contribution in [2.24, 2.45) is 5.73 Å². The van der Waals surface area contributed by atoms with Crippen LogP contribution in [0.3, 0.4) is 0 Å². The van der Waals surface area contributed by atoms with Crippen LogP contribution in [-0.2, 0) is 12.8 Å². The molecule has 0 atom stereocenters. The van der Waals surface area contributed by atoms with E-state index < -0.39 is 0 Å². The van der Waals surface area contributed by atoms with Crippen molar-refractivity contribution in [3.05, 3.63) is 59.7 Å². The summed E-state index contributed by atoms with van der Waals surface area (Å²) in [6.07, 6.45) is 3.17. The molecule has 2 aromatic rings. The zero-order valence-electron chi connectivity index (χ0n) is 11.7. The first-order chi connectivity index (χ1) is 9.72. The predicted molar refractivity (Wildman–Crippen MR) is 80.4 cm³/mol. The second-order valence-electron chi connectivity index (χ2n) is 4.77. The van der Waals surface area contributed by atoms with E-state index in [1.807, 2.05) is 31.3 Å². The number of anilines is 1. The van der Waals surface area contributed by atoms with Gasteiger partial charge in [0.05, 0.1) is 0 Å². The molecule has 1 heterocycles. The summed E-state index contributed by atoms with van der Waals surface area (Å²) in [6, 6.07) is 11.0. The molecule has 0 aliphatic rings. The smallest absolute Gasteiger partial charge is 0.128 e. The molecule has 0 saturated carbocycles. The fourth-order valence-corrected chi connectivity index (χ4v) is 2.25. The first-order valence-electron chi connectivity index (χ1n) is 6.81. The number of rotatable bonds is 6. The van der Waals surface area contributed by atoms with E-state index in [2.05, 4.69) is 9.88 Å². The third-order valence-electron chi connectivity index (χ3n) is 3.33. The SMILES string of the molecule is CN(CCc1ccccn1)c1cccc(F)c1CCN. The Hall–Kier alpha value is -1.94. The number of pyridine rings is 1. The number of likely N-dealkylation sites (N-methyl/N-ethyl adjacent to an activating group) is 1. The van der Waals surface area contributed by atoms with Gasteiger partial charge < -0.3 is 10.6 Å². The first kappa shape index (κ1) is 14.5. The lowest BCUT2D eigenvalue weighted by Gasteiger charge is -2.22. The lowest BCUT2D eigenvalue weighted by atomic mass is 10.1. The summed E-state index contributed by atoms with van der Waals surface area (Å²) in [7, 11) is 1.97. The van der Waals surface area contributed by atoms with Gasteiger partial charge in [-0.15, -0.1) is 0 Å². The summed E-state index contributed by atoms with van der Waals surface area (Å²) in [6.45, 7) is 1.24. The van der Waals surface area contributed by atoms with Gasteiger partial charge in [-0.1, -0.05) is 12.1 Å². The summed E-state index contributed by atoms with van der Waals surface area (Å²) in [5.41, 5.74) is 8.21. The fourth-order valence-electron chi connectivity index (χ4n) is 2.25. The second kappa shape index (κ2) is 7.01. The Kier molecular flexibility index (Phi) is 5.07. The van der Waals surface area contributed by atoms with Crippen LogP contribution in [-0.4, -0.2) is 25.1 Å². The maximum absolute atomic E-state index is 13.9. The number of hydrogen-bond acceptors (Lipinski definition) is 3. The third kappa shape index (κ3) is 3.54. The molecular weight excluding hydrogens is 253 g/mol. The van der Waals surface area contributed by atoms with Gasteiger partial charge in [-0.05, 0) is 37.2 Å². The Bertz CT molecular complexity index is 543. The van der Waals surface area contributed by atoms with Crippen LogP contribution in [0.5, 0.6) is 0 Å². The number of benzene rings is 1. The molecule has 2 rings (SSSR count). The molecule has 0 spiro atoms. The minimum atomic E-state index is -0.183. The topological polar surface area (TPSA) is 42.2 Å². The maximum atomic E-state index is 13.9. The molecule has 1 aromatic heterocycles. The van der Waals surface area contributed by atoms with Crippen LogP contribution in [0.4, 0.5) is 10.1 Å². The molecule has 3 nitrogen and oxygen atoms in total. The highest BCUT2D eigenvalue weighted by Gasteiger charge is 2.11. The van der Waals surface area contributed by atoms with Crippen LogP contribution in [0, 0.1) is 5.82 Å². The van der Waals surface area contributed by atoms with Crippen LogP contribution < -0.4 is 10.6 Å². The van der Waals surface area contributed by atoms with Crippen LogP contribution >= 0.6 is 0 Å². The van der Waals surface area contributed by atoms with Gasteiger partial charge in [0, 0.05) is 43.2 Å². The zero-order valence-corrected chi connectivity index (χ0v) is 11.7. The van der Waals surface area contributed by atoms with Gasteiger partial charge in [0.2, 0.25) is 0 Å². The average Bonchev–Trinajstić information content (AvgIpc) is 2.48. The predicted octanol–water partition coefficient (Wildman–Crippen LogP) is 2.40. The lowest BCUT2D eigenvalue weighted by molar-refractivity contribution is 0.608. The van der Waals surface area contributed by atoms with Crippen molar-refractivity contribution in [3.63, 3.8) is 0 Å². The molecule has 0 fully saturated rings. The number of aromatic nitrogens is 1. The minimum absolute atomic E-state index is 0.183. The van der Waals surface area contributed by atoms with Gasteiger partial charge in [0.15, 0.2) is 0 Å². The number of nitrogens with two attached hydrogens (primary N) is 1. The monoisotopic (exact) mass is 273 g/mol. The van der Waals surface area contributed by atoms with Crippen LogP contribution in [0.2, 0.25) is 0 Å². The molecular formula is C16H20FN3. The molecule has 106 valence electrons. The third-order valence-corrected chi connectivity index (χ3v) is 3.33. The Morgan fingerprint density at radius 3 is 2.70 bits per heavy atom. The van der Waals surface area contributed by atoms with Crippen molar-refractivity contribution in [2.75, 3.05) is 25.0 Å². The highest BCUT2D eigenvalue weighted by molar-refractivity contribution is 5.54. The van der Waals surface area contributed by atoms with Crippen molar-refractivity contribution in [1.29, 1.82) is 0 Å². The van der Waals surface area contributed by atoms with E-state index in [1.54, 1.807) is 12.3 Å². The average molecular weight is 273 g/mol. The molecule has 0 aliphatic carbocycles. The quantitative estimate of drug-likeness (QED) is 0.879. The van der Waals surface area contributed by atoms with E-state index >= 15 is 0 Å². The van der Waals surface area contributed by atoms with Gasteiger partial charge in [0.1, 0.15) is 5.82 Å². The summed E-state index contributed by atoms with van der Waals surface area (Å²) in [5.74, 6) is -0.183. The summed E-state index contributed by atoms with van der Waals surface area (Å²) in [5, 5.41) is 0. The molecule has 0 radical (unpaired) electrons. The van der Waals surface area contributed by atoms with E-state index in [0.29, 0.717) is 18.5 Å². The molecule has 0 amide bonds. The lowest BCUT2D eigenvalue weighted by Crippen LogP contribution is -2.23. The molecule has 0 aliphatic heterocycles. The highest BCUT2D eigenvalue weighted by Crippen LogP contribution is 2.22. The standard InChI is InChI=1S/C16H20FN3/c1-20(12-9-13-5-2-3-11-19-13)16-7-4-6-15(17)14(16)8-10-18/h2-7,11H,8-10,12,18H2,1H3. The van der Waals surface area contributed by atoms with E-state index in [4.69, 9.17) is 5.73 Å². The fraction of sp³-hybridized carbons (Fsp3) is 0.312. The number of nitrogens with zero attached hydrogens (tertiary/aromatic N) is 2. The normalized spacial score (nSPS) is 10.6. The Labute approximate surface area is 119 Å². The minimum Gasteiger partial charge on any atom is -0.374 e. The van der Waals surface area contributed by atoms with Crippen LogP contribution in [0.25, 0.3) is 0 Å². The second-order valence-corrected chi connectivity index (χ2v) is 4.77. The molecule has 0 bridgehead atoms. The van der Waals surface area contributed by atoms with Gasteiger partial charge in [-0.25, -0.2) is 4.39 Å². The van der Waals surface area contributed by atoms with Crippen molar-refractivity contribution in [3.8, 4) is 0 Å². The van der Waals surface area contributed by atoms with Gasteiger partial charge in [0.25, 0.3) is 0 Å². The van der Waals surface area contributed by atoms with Crippen molar-refractivity contribution < 1.29 is 4.39 Å². The first-order valence-corrected chi connectivity index (χ1v) is 6.81. The Morgan fingerprint density at radius 1 is 1.15 bits per heavy atom. The van der Waals surface area contributed by atoms with Gasteiger partial charge in [-0.2, -0.15) is 0 Å². The van der Waals surface area contributed by atoms with Crippen LogP contribution in [0.1, 0.15) is 11.3 Å². The Balaban J connectivity index is 2.09. The number of hydrogen-bond donors (Lipinski definition) is 1. The molecule has 20 heavy (non-hydrogen) atoms. The van der Waals surface area contributed by atoms with E-state index in [0.717, 1.165) is 24.3 Å². The summed E-state index contributed by atoms with van der Waals surface area (Å²) in [4.78, 5) is 6.36. The van der Waals surface area contributed by atoms with E-state index in [1.165, 1.54) is 6.07 Å².